The molecule has 3 amide bonds. The number of amides is 3. The number of carbonyl (C=O) groups is 3. The van der Waals surface area contributed by atoms with E-state index in [0.717, 1.165) is 11.8 Å². The van der Waals surface area contributed by atoms with E-state index in [2.05, 4.69) is 15.6 Å². The van der Waals surface area contributed by atoms with Gasteiger partial charge >= 0.3 is 6.03 Å². The monoisotopic (exact) mass is 362 g/mol. The predicted molar refractivity (Wildman–Crippen MR) is 95.4 cm³/mol. The zero-order chi connectivity index (χ0) is 19.4. The van der Waals surface area contributed by atoms with E-state index in [-0.39, 0.29) is 11.3 Å². The van der Waals surface area contributed by atoms with E-state index in [9.17, 15) is 19.6 Å². The van der Waals surface area contributed by atoms with Gasteiger partial charge in [-0.25, -0.2) is 9.78 Å². The molecule has 0 spiro atoms. The minimum atomic E-state index is -0.645. The summed E-state index contributed by atoms with van der Waals surface area (Å²) in [6, 6.07) is 2.88. The lowest BCUT2D eigenvalue weighted by Gasteiger charge is -2.21. The van der Waals surface area contributed by atoms with E-state index in [4.69, 9.17) is 0 Å². The van der Waals surface area contributed by atoms with Crippen molar-refractivity contribution in [2.24, 2.45) is 0 Å². The number of hydrogen-bond donors (Lipinski definition) is 2. The van der Waals surface area contributed by atoms with Gasteiger partial charge in [0, 0.05) is 16.8 Å². The maximum absolute atomic E-state index is 12.1. The third-order valence-corrected chi connectivity index (χ3v) is 4.16. The number of aryl methyl sites for hydroxylation is 1. The summed E-state index contributed by atoms with van der Waals surface area (Å²) >= 11 is 1.06. The highest BCUT2D eigenvalue weighted by Crippen LogP contribution is 2.26. The highest BCUT2D eigenvalue weighted by Gasteiger charge is 2.22. The van der Waals surface area contributed by atoms with Gasteiger partial charge in [-0.1, -0.05) is 11.8 Å². The minimum Gasteiger partial charge on any atom is -0.333 e. The molecule has 8 heteroatoms. The average Bonchev–Trinajstić information content (AvgIpc) is 2.44. The number of pyridine rings is 1. The number of aromatic nitrogens is 1. The van der Waals surface area contributed by atoms with E-state index in [0.29, 0.717) is 16.3 Å². The van der Waals surface area contributed by atoms with Crippen LogP contribution in [-0.2, 0) is 4.79 Å². The van der Waals surface area contributed by atoms with Crippen LogP contribution in [0.1, 0.15) is 56.2 Å². The summed E-state index contributed by atoms with van der Waals surface area (Å²) in [4.78, 5) is 39.7. The van der Waals surface area contributed by atoms with Crippen LogP contribution in [-0.4, -0.2) is 33.5 Å². The topological polar surface area (TPSA) is 112 Å². The second-order valence-electron chi connectivity index (χ2n) is 6.60. The van der Waals surface area contributed by atoms with Gasteiger partial charge in [0.2, 0.25) is 5.91 Å². The molecule has 134 valence electrons. The van der Waals surface area contributed by atoms with Gasteiger partial charge < -0.3 is 5.32 Å². The molecular formula is C17H22N4O3S. The van der Waals surface area contributed by atoms with Crippen molar-refractivity contribution in [2.75, 3.05) is 0 Å². The normalized spacial score (nSPS) is 12.0. The number of imide groups is 1. The number of nitrogens with zero attached hydrogens (tertiary/aromatic N) is 2. The van der Waals surface area contributed by atoms with Crippen molar-refractivity contribution in [1.82, 2.24) is 15.6 Å². The van der Waals surface area contributed by atoms with Gasteiger partial charge in [-0.2, -0.15) is 5.26 Å². The highest BCUT2D eigenvalue weighted by atomic mass is 32.2. The first-order chi connectivity index (χ1) is 11.4. The van der Waals surface area contributed by atoms with Gasteiger partial charge in [-0.3, -0.25) is 14.9 Å². The Kier molecular flexibility index (Phi) is 6.70. The zero-order valence-corrected chi connectivity index (χ0v) is 16.0. The maximum Gasteiger partial charge on any atom is 0.321 e. The number of urea groups is 1. The molecule has 2 N–H and O–H groups in total. The van der Waals surface area contributed by atoms with Crippen molar-refractivity contribution in [3.8, 4) is 6.07 Å². The largest absolute Gasteiger partial charge is 0.333 e. The van der Waals surface area contributed by atoms with Crippen LogP contribution in [0.15, 0.2) is 11.1 Å². The molecule has 0 aliphatic rings. The van der Waals surface area contributed by atoms with Crippen LogP contribution in [0.5, 0.6) is 0 Å². The first kappa shape index (κ1) is 20.6. The lowest BCUT2D eigenvalue weighted by Crippen LogP contribution is -2.49. The summed E-state index contributed by atoms with van der Waals surface area (Å²) in [5.41, 5.74) is 0.629. The molecule has 0 aliphatic carbocycles. The Bertz CT molecular complexity index is 747. The summed E-state index contributed by atoms with van der Waals surface area (Å²) in [6.07, 6.45) is 0. The molecule has 1 heterocycles. The number of nitriles is 1. The van der Waals surface area contributed by atoms with Crippen LogP contribution in [0.4, 0.5) is 4.79 Å². The zero-order valence-electron chi connectivity index (χ0n) is 15.2. The van der Waals surface area contributed by atoms with Gasteiger partial charge in [0.15, 0.2) is 5.78 Å². The van der Waals surface area contributed by atoms with Crippen LogP contribution in [0.2, 0.25) is 0 Å². The second-order valence-corrected chi connectivity index (χ2v) is 7.93. The average molecular weight is 362 g/mol. The van der Waals surface area contributed by atoms with E-state index in [1.807, 2.05) is 6.07 Å². The fourth-order valence-electron chi connectivity index (χ4n) is 1.92. The lowest BCUT2D eigenvalue weighted by atomic mass is 10.1. The van der Waals surface area contributed by atoms with Crippen LogP contribution >= 0.6 is 11.8 Å². The van der Waals surface area contributed by atoms with Crippen molar-refractivity contribution in [1.29, 1.82) is 5.26 Å². The molecule has 1 rings (SSSR count). The Hall–Kier alpha value is -2.40. The molecule has 0 saturated heterocycles. The van der Waals surface area contributed by atoms with Crippen molar-refractivity contribution >= 4 is 29.5 Å². The molecule has 1 aromatic rings. The predicted octanol–water partition coefficient (Wildman–Crippen LogP) is 2.57. The minimum absolute atomic E-state index is 0.178. The SMILES string of the molecule is CC(=O)c1cc(C#N)c(SC(C)C(=O)NC(=O)NC(C)(C)C)nc1C. The van der Waals surface area contributed by atoms with Crippen LogP contribution in [0, 0.1) is 18.3 Å². The van der Waals surface area contributed by atoms with Gasteiger partial charge in [0.05, 0.1) is 10.8 Å². The quantitative estimate of drug-likeness (QED) is 0.629. The molecule has 0 bridgehead atoms. The number of Topliss-reactive ketones (excluding diaryl/α,β-unsaturated/α-hetero) is 1. The van der Waals surface area contributed by atoms with Gasteiger partial charge in [-0.05, 0) is 47.6 Å². The first-order valence-corrected chi connectivity index (χ1v) is 8.55. The fraction of sp³-hybridized carbons (Fsp3) is 0.471. The number of ketones is 1. The Labute approximate surface area is 151 Å². The summed E-state index contributed by atoms with van der Waals surface area (Å²) in [5, 5.41) is 13.9. The number of carbonyl (C=O) groups excluding carboxylic acids is 3. The van der Waals surface area contributed by atoms with Crippen molar-refractivity contribution in [3.05, 3.63) is 22.9 Å². The molecule has 25 heavy (non-hydrogen) atoms. The fourth-order valence-corrected chi connectivity index (χ4v) is 2.84. The summed E-state index contributed by atoms with van der Waals surface area (Å²) in [6.45, 7) is 10.1. The number of nitrogens with one attached hydrogen (secondary N) is 2. The highest BCUT2D eigenvalue weighted by molar-refractivity contribution is 8.00. The number of thioether (sulfide) groups is 1. The van der Waals surface area contributed by atoms with E-state index in [1.165, 1.54) is 13.0 Å². The molecule has 0 aliphatic heterocycles. The smallest absolute Gasteiger partial charge is 0.321 e. The summed E-state index contributed by atoms with van der Waals surface area (Å²) in [5.74, 6) is -0.673. The molecular weight excluding hydrogens is 340 g/mol. The Balaban J connectivity index is 2.90. The molecule has 0 fully saturated rings. The molecule has 1 aromatic heterocycles. The summed E-state index contributed by atoms with van der Waals surface area (Å²) < 4.78 is 0. The summed E-state index contributed by atoms with van der Waals surface area (Å²) in [7, 11) is 0. The van der Waals surface area contributed by atoms with Gasteiger partial charge in [0.1, 0.15) is 11.1 Å². The molecule has 1 unspecified atom stereocenters. The van der Waals surface area contributed by atoms with E-state index < -0.39 is 22.7 Å². The maximum atomic E-state index is 12.1. The Morgan fingerprint density at radius 2 is 1.92 bits per heavy atom. The van der Waals surface area contributed by atoms with Gasteiger partial charge in [-0.15, -0.1) is 0 Å². The molecule has 0 saturated carbocycles. The van der Waals surface area contributed by atoms with Crippen LogP contribution < -0.4 is 10.6 Å². The van der Waals surface area contributed by atoms with Gasteiger partial charge in [0.25, 0.3) is 0 Å². The third kappa shape index (κ3) is 6.19. The number of rotatable bonds is 4. The van der Waals surface area contributed by atoms with Crippen molar-refractivity contribution in [3.63, 3.8) is 0 Å². The lowest BCUT2D eigenvalue weighted by molar-refractivity contribution is -0.119. The molecule has 1 atom stereocenters. The Morgan fingerprint density at radius 1 is 1.32 bits per heavy atom. The standard InChI is InChI=1S/C17H22N4O3S/c1-9-13(10(2)22)7-12(8-18)15(19-9)25-11(3)14(23)20-16(24)21-17(4,5)6/h7,11H,1-6H3,(H2,20,21,23,24). The van der Waals surface area contributed by atoms with E-state index >= 15 is 0 Å². The van der Waals surface area contributed by atoms with Crippen LogP contribution in [0.3, 0.4) is 0 Å². The van der Waals surface area contributed by atoms with Crippen molar-refractivity contribution in [2.45, 2.75) is 57.4 Å². The second kappa shape index (κ2) is 8.12. The Morgan fingerprint density at radius 3 is 2.40 bits per heavy atom. The molecule has 0 radical (unpaired) electrons. The molecule has 7 nitrogen and oxygen atoms in total. The third-order valence-electron chi connectivity index (χ3n) is 3.06. The van der Waals surface area contributed by atoms with E-state index in [1.54, 1.807) is 34.6 Å². The first-order valence-electron chi connectivity index (χ1n) is 7.67. The number of hydrogen-bond acceptors (Lipinski definition) is 6. The molecule has 0 aromatic carbocycles. The van der Waals surface area contributed by atoms with Crippen LogP contribution in [0.25, 0.3) is 0 Å². The van der Waals surface area contributed by atoms with Crippen molar-refractivity contribution < 1.29 is 14.4 Å².